The number of hydrogen-bond donors (Lipinski definition) is 0. The topological polar surface area (TPSA) is 147 Å². The number of rotatable bonds is 18. The maximum Gasteiger partial charge on any atom is 0.303 e. The molecule has 2 saturated heterocycles. The number of benzene rings is 5. The Hall–Kier alpha value is -5.63. The first-order valence-corrected chi connectivity index (χ1v) is 23.2. The Balaban J connectivity index is 1.32. The van der Waals surface area contributed by atoms with E-state index >= 15 is 0 Å². The Morgan fingerprint density at radius 2 is 1.11 bits per heavy atom. The second kappa shape index (κ2) is 23.7. The van der Waals surface area contributed by atoms with Crippen LogP contribution in [0.5, 0.6) is 0 Å². The van der Waals surface area contributed by atoms with E-state index < -0.39 is 87.2 Å². The van der Waals surface area contributed by atoms with Gasteiger partial charge in [0.1, 0.15) is 37.1 Å². The summed E-state index contributed by atoms with van der Waals surface area (Å²) in [5, 5.41) is 3.28. The normalized spacial score (nSPS) is 25.3. The van der Waals surface area contributed by atoms with Crippen molar-refractivity contribution in [1.82, 2.24) is 0 Å². The molecule has 0 spiro atoms. The fourth-order valence-electron chi connectivity index (χ4n) is 8.11. The highest BCUT2D eigenvalue weighted by molar-refractivity contribution is 7.80. The third kappa shape index (κ3) is 12.6. The molecule has 0 unspecified atom stereocenters. The molecule has 66 heavy (non-hydrogen) atoms. The standard InChI is InChI=1S/C52H56NO12P/c1-34-46(49(59-31-38-20-10-6-11-21-38)50(52(57-5)61-34)60-32-39-22-12-7-13-23-39)65-51-45(48(63-37(4)56)47(62-36(3)55)43(64-51)33-58-35(2)54)53-30-40-24-18-19-29-44(40)66(41-25-14-8-15-26-41)42-27-16-9-17-28-42/h6-30,34,43,45-52H,31-33H2,1-5H3/t34-,43-,45-,46-,47-,48-,49+,50-,51+,52+/m1/s1. The summed E-state index contributed by atoms with van der Waals surface area (Å²) in [5.74, 6) is -1.94. The number of esters is 3. The first-order chi connectivity index (χ1) is 32.1. The number of hydrogen-bond acceptors (Lipinski definition) is 13. The number of methoxy groups -OCH3 is 1. The number of ether oxygens (including phenoxy) is 9. The summed E-state index contributed by atoms with van der Waals surface area (Å²) in [6, 6.07) is 46.7. The van der Waals surface area contributed by atoms with Gasteiger partial charge in [0.15, 0.2) is 24.8 Å². The minimum Gasteiger partial charge on any atom is -0.463 e. The largest absolute Gasteiger partial charge is 0.463 e. The van der Waals surface area contributed by atoms with Crippen molar-refractivity contribution in [2.24, 2.45) is 4.99 Å². The van der Waals surface area contributed by atoms with Crippen molar-refractivity contribution < 1.29 is 57.0 Å². The monoisotopic (exact) mass is 917 g/mol. The van der Waals surface area contributed by atoms with Gasteiger partial charge >= 0.3 is 17.9 Å². The van der Waals surface area contributed by atoms with Crippen LogP contribution >= 0.6 is 7.92 Å². The van der Waals surface area contributed by atoms with Gasteiger partial charge in [-0.05, 0) is 41.9 Å². The van der Waals surface area contributed by atoms with Gasteiger partial charge < -0.3 is 42.6 Å². The maximum atomic E-state index is 13.1. The molecule has 346 valence electrons. The van der Waals surface area contributed by atoms with Crippen molar-refractivity contribution >= 4 is 48.0 Å². The van der Waals surface area contributed by atoms with Crippen LogP contribution in [-0.2, 0) is 70.2 Å². The van der Waals surface area contributed by atoms with Gasteiger partial charge in [0.2, 0.25) is 0 Å². The molecule has 13 nitrogen and oxygen atoms in total. The average molecular weight is 918 g/mol. The van der Waals surface area contributed by atoms with Gasteiger partial charge in [0, 0.05) is 39.7 Å². The highest BCUT2D eigenvalue weighted by atomic mass is 31.1. The van der Waals surface area contributed by atoms with Crippen molar-refractivity contribution in [2.75, 3.05) is 13.7 Å². The molecule has 5 aromatic rings. The highest BCUT2D eigenvalue weighted by Crippen LogP contribution is 2.37. The Labute approximate surface area is 387 Å². The second-order valence-electron chi connectivity index (χ2n) is 15.9. The van der Waals surface area contributed by atoms with Crippen molar-refractivity contribution in [3.05, 3.63) is 162 Å². The fraction of sp³-hybridized carbons (Fsp3) is 0.346. The van der Waals surface area contributed by atoms with E-state index in [4.69, 9.17) is 47.6 Å². The van der Waals surface area contributed by atoms with E-state index in [-0.39, 0.29) is 19.8 Å². The summed E-state index contributed by atoms with van der Waals surface area (Å²) in [4.78, 5) is 43.2. The summed E-state index contributed by atoms with van der Waals surface area (Å²) in [6.07, 6.45) is -7.43. The van der Waals surface area contributed by atoms with Crippen LogP contribution in [0.25, 0.3) is 0 Å². The second-order valence-corrected chi connectivity index (χ2v) is 18.1. The molecule has 0 radical (unpaired) electrons. The summed E-state index contributed by atoms with van der Waals surface area (Å²) >= 11 is 0. The Kier molecular flexibility index (Phi) is 17.4. The molecule has 0 bridgehead atoms. The molecule has 0 aliphatic carbocycles. The van der Waals surface area contributed by atoms with Gasteiger partial charge in [-0.15, -0.1) is 0 Å². The van der Waals surface area contributed by atoms with Gasteiger partial charge in [-0.2, -0.15) is 0 Å². The molecule has 5 aromatic carbocycles. The third-order valence-electron chi connectivity index (χ3n) is 11.1. The minimum atomic E-state index is -1.33. The van der Waals surface area contributed by atoms with Crippen LogP contribution in [0.3, 0.4) is 0 Å². The van der Waals surface area contributed by atoms with Crippen LogP contribution in [0.2, 0.25) is 0 Å². The fourth-order valence-corrected chi connectivity index (χ4v) is 10.5. The quantitative estimate of drug-likeness (QED) is 0.0419. The number of carbonyl (C=O) groups excluding carboxylic acids is 3. The van der Waals surface area contributed by atoms with Gasteiger partial charge in [-0.1, -0.05) is 146 Å². The SMILES string of the molecule is CO[C@H]1O[C@H](C)[C@@H](O[C@@H]2O[C@H](COC(C)=O)[C@@H](OC(C)=O)[C@H](OC(C)=O)[C@H]2N=Cc2ccccc2P(c2ccccc2)c2ccccc2)[C@H](OCc2ccccc2)[C@H]1OCc1ccccc1. The Morgan fingerprint density at radius 3 is 1.65 bits per heavy atom. The molecule has 0 saturated carbocycles. The summed E-state index contributed by atoms with van der Waals surface area (Å²) < 4.78 is 56.8. The lowest BCUT2D eigenvalue weighted by Crippen LogP contribution is -2.65. The summed E-state index contributed by atoms with van der Waals surface area (Å²) in [5.41, 5.74) is 2.62. The van der Waals surface area contributed by atoms with Gasteiger partial charge in [0.25, 0.3) is 0 Å². The van der Waals surface area contributed by atoms with E-state index in [9.17, 15) is 14.4 Å². The molecule has 0 amide bonds. The van der Waals surface area contributed by atoms with Crippen molar-refractivity contribution in [3.8, 4) is 0 Å². The van der Waals surface area contributed by atoms with Crippen LogP contribution in [0.1, 0.15) is 44.4 Å². The third-order valence-corrected chi connectivity index (χ3v) is 13.6. The number of carbonyl (C=O) groups is 3. The number of aliphatic imine (C=N–C) groups is 1. The van der Waals surface area contributed by atoms with E-state index in [1.165, 1.54) is 20.8 Å². The molecule has 0 N–H and O–H groups in total. The van der Waals surface area contributed by atoms with Crippen molar-refractivity contribution in [1.29, 1.82) is 0 Å². The van der Waals surface area contributed by atoms with Gasteiger partial charge in [-0.3, -0.25) is 19.4 Å². The van der Waals surface area contributed by atoms with Crippen LogP contribution < -0.4 is 15.9 Å². The van der Waals surface area contributed by atoms with E-state index in [2.05, 4.69) is 30.3 Å². The summed E-state index contributed by atoms with van der Waals surface area (Å²) in [6.45, 7) is 5.62. The minimum absolute atomic E-state index is 0.190. The van der Waals surface area contributed by atoms with Crippen LogP contribution in [0, 0.1) is 0 Å². The smallest absolute Gasteiger partial charge is 0.303 e. The van der Waals surface area contributed by atoms with Crippen LogP contribution in [-0.4, -0.2) is 99.2 Å². The molecule has 2 fully saturated rings. The molecule has 2 aliphatic heterocycles. The molecule has 10 atom stereocenters. The molecule has 7 rings (SSSR count). The molecule has 2 heterocycles. The zero-order chi connectivity index (χ0) is 46.4. The zero-order valence-electron chi connectivity index (χ0n) is 37.6. The summed E-state index contributed by atoms with van der Waals surface area (Å²) in [7, 11) is 0.472. The lowest BCUT2D eigenvalue weighted by molar-refractivity contribution is -0.349. The first kappa shape index (κ1) is 48.3. The lowest BCUT2D eigenvalue weighted by Gasteiger charge is -2.48. The predicted octanol–water partition coefficient (Wildman–Crippen LogP) is 6.33. The highest BCUT2D eigenvalue weighted by Gasteiger charge is 2.54. The molecule has 2 aliphatic rings. The molecule has 0 aromatic heterocycles. The average Bonchev–Trinajstić information content (AvgIpc) is 3.32. The van der Waals surface area contributed by atoms with E-state index in [0.717, 1.165) is 32.6 Å². The van der Waals surface area contributed by atoms with Crippen molar-refractivity contribution in [2.45, 2.75) is 102 Å². The van der Waals surface area contributed by atoms with Gasteiger partial charge in [-0.25, -0.2) is 0 Å². The van der Waals surface area contributed by atoms with Crippen molar-refractivity contribution in [3.63, 3.8) is 0 Å². The lowest BCUT2D eigenvalue weighted by atomic mass is 9.95. The number of nitrogens with zero attached hydrogens (tertiary/aromatic N) is 1. The van der Waals surface area contributed by atoms with E-state index in [1.54, 1.807) is 13.3 Å². The molecular weight excluding hydrogens is 862 g/mol. The Bertz CT molecular complexity index is 2300. The molecular formula is C52H56NO12P. The predicted molar refractivity (Wildman–Crippen MR) is 249 cm³/mol. The van der Waals surface area contributed by atoms with E-state index in [0.29, 0.717) is 0 Å². The van der Waals surface area contributed by atoms with Gasteiger partial charge in [0.05, 0.1) is 19.3 Å². The zero-order valence-corrected chi connectivity index (χ0v) is 38.5. The van der Waals surface area contributed by atoms with E-state index in [1.807, 2.05) is 122 Å². The first-order valence-electron chi connectivity index (χ1n) is 21.9. The maximum absolute atomic E-state index is 13.1. The van der Waals surface area contributed by atoms with Crippen LogP contribution in [0.4, 0.5) is 0 Å². The Morgan fingerprint density at radius 1 is 0.591 bits per heavy atom. The molecule has 14 heteroatoms. The van der Waals surface area contributed by atoms with Crippen LogP contribution in [0.15, 0.2) is 151 Å².